The van der Waals surface area contributed by atoms with Crippen LogP contribution in [-0.2, 0) is 13.1 Å². The Morgan fingerprint density at radius 3 is 2.30 bits per heavy atom. The predicted molar refractivity (Wildman–Crippen MR) is 85.6 cm³/mol. The number of aryl methyl sites for hydroxylation is 1. The molecule has 0 atom stereocenters. The van der Waals surface area contributed by atoms with Crippen molar-refractivity contribution in [2.45, 2.75) is 33.9 Å². The van der Waals surface area contributed by atoms with Gasteiger partial charge in [-0.2, -0.15) is 0 Å². The van der Waals surface area contributed by atoms with Crippen LogP contribution in [-0.4, -0.2) is 42.5 Å². The number of piperazine rings is 1. The standard InChI is InChI=1S/C17H29N3/c1-14(2)12-19-6-8-20(9-7-19)13-17-5-4-16(11-18)10-15(17)3/h4-5,10,14H,6-9,11-13,18H2,1-3H3. The minimum atomic E-state index is 0.634. The highest BCUT2D eigenvalue weighted by atomic mass is 15.3. The van der Waals surface area contributed by atoms with Crippen molar-refractivity contribution in [2.75, 3.05) is 32.7 Å². The SMILES string of the molecule is Cc1cc(CN)ccc1CN1CCN(CC(C)C)CC1. The minimum absolute atomic E-state index is 0.634. The van der Waals surface area contributed by atoms with Crippen molar-refractivity contribution in [3.8, 4) is 0 Å². The summed E-state index contributed by atoms with van der Waals surface area (Å²) in [4.78, 5) is 5.16. The van der Waals surface area contributed by atoms with Crippen molar-refractivity contribution in [3.63, 3.8) is 0 Å². The molecule has 1 aliphatic heterocycles. The first-order valence-corrected chi connectivity index (χ1v) is 7.81. The van der Waals surface area contributed by atoms with E-state index in [1.54, 1.807) is 0 Å². The van der Waals surface area contributed by atoms with Crippen LogP contribution in [0.1, 0.15) is 30.5 Å². The fourth-order valence-corrected chi connectivity index (χ4v) is 2.95. The molecule has 112 valence electrons. The van der Waals surface area contributed by atoms with Crippen LogP contribution in [0.5, 0.6) is 0 Å². The van der Waals surface area contributed by atoms with E-state index in [0.717, 1.165) is 12.5 Å². The van der Waals surface area contributed by atoms with Crippen LogP contribution >= 0.6 is 0 Å². The molecule has 1 fully saturated rings. The van der Waals surface area contributed by atoms with Crippen molar-refractivity contribution in [2.24, 2.45) is 11.7 Å². The average molecular weight is 275 g/mol. The van der Waals surface area contributed by atoms with Gasteiger partial charge in [0.1, 0.15) is 0 Å². The first-order chi connectivity index (χ1) is 9.58. The van der Waals surface area contributed by atoms with Gasteiger partial charge in [-0.05, 0) is 29.5 Å². The Hall–Kier alpha value is -0.900. The van der Waals surface area contributed by atoms with Gasteiger partial charge in [-0.3, -0.25) is 4.90 Å². The first kappa shape index (κ1) is 15.5. The molecule has 0 aliphatic carbocycles. The zero-order valence-corrected chi connectivity index (χ0v) is 13.2. The van der Waals surface area contributed by atoms with E-state index in [4.69, 9.17) is 5.73 Å². The Kier molecular flexibility index (Phi) is 5.58. The molecule has 0 amide bonds. The van der Waals surface area contributed by atoms with Crippen LogP contribution in [0.3, 0.4) is 0 Å². The highest BCUT2D eigenvalue weighted by Crippen LogP contribution is 2.15. The van der Waals surface area contributed by atoms with Gasteiger partial charge in [-0.25, -0.2) is 0 Å². The van der Waals surface area contributed by atoms with Gasteiger partial charge in [-0.1, -0.05) is 32.0 Å². The summed E-state index contributed by atoms with van der Waals surface area (Å²) in [6.07, 6.45) is 0. The third-order valence-electron chi connectivity index (χ3n) is 4.12. The lowest BCUT2D eigenvalue weighted by Gasteiger charge is -2.35. The highest BCUT2D eigenvalue weighted by Gasteiger charge is 2.17. The van der Waals surface area contributed by atoms with E-state index in [9.17, 15) is 0 Å². The molecule has 0 unspecified atom stereocenters. The van der Waals surface area contributed by atoms with Gasteiger partial charge < -0.3 is 10.6 Å². The third-order valence-corrected chi connectivity index (χ3v) is 4.12. The molecule has 0 saturated carbocycles. The lowest BCUT2D eigenvalue weighted by molar-refractivity contribution is 0.117. The van der Waals surface area contributed by atoms with Crippen LogP contribution in [0, 0.1) is 12.8 Å². The molecule has 3 heteroatoms. The summed E-state index contributed by atoms with van der Waals surface area (Å²) < 4.78 is 0. The molecule has 2 N–H and O–H groups in total. The fourth-order valence-electron chi connectivity index (χ4n) is 2.95. The smallest absolute Gasteiger partial charge is 0.0237 e. The molecule has 0 radical (unpaired) electrons. The maximum atomic E-state index is 5.69. The highest BCUT2D eigenvalue weighted by molar-refractivity contribution is 5.31. The molecule has 20 heavy (non-hydrogen) atoms. The van der Waals surface area contributed by atoms with E-state index in [2.05, 4.69) is 48.8 Å². The quantitative estimate of drug-likeness (QED) is 0.894. The van der Waals surface area contributed by atoms with Crippen molar-refractivity contribution in [3.05, 3.63) is 34.9 Å². The van der Waals surface area contributed by atoms with Gasteiger partial charge in [0.05, 0.1) is 0 Å². The number of hydrogen-bond acceptors (Lipinski definition) is 3. The summed E-state index contributed by atoms with van der Waals surface area (Å²) in [7, 11) is 0. The molecule has 0 bridgehead atoms. The van der Waals surface area contributed by atoms with Gasteiger partial charge in [-0.15, -0.1) is 0 Å². The maximum absolute atomic E-state index is 5.69. The lowest BCUT2D eigenvalue weighted by Crippen LogP contribution is -2.46. The second-order valence-corrected chi connectivity index (χ2v) is 6.44. The molecule has 1 saturated heterocycles. The zero-order chi connectivity index (χ0) is 14.5. The lowest BCUT2D eigenvalue weighted by atomic mass is 10.0. The van der Waals surface area contributed by atoms with Crippen molar-refractivity contribution < 1.29 is 0 Å². The number of rotatable bonds is 5. The molecule has 1 aliphatic rings. The number of benzene rings is 1. The topological polar surface area (TPSA) is 32.5 Å². The molecular weight excluding hydrogens is 246 g/mol. The van der Waals surface area contributed by atoms with Crippen LogP contribution in [0.2, 0.25) is 0 Å². The largest absolute Gasteiger partial charge is 0.326 e. The minimum Gasteiger partial charge on any atom is -0.326 e. The Labute approximate surface area is 123 Å². The van der Waals surface area contributed by atoms with Gasteiger partial charge in [0, 0.05) is 45.8 Å². The third kappa shape index (κ3) is 4.30. The zero-order valence-electron chi connectivity index (χ0n) is 13.2. The first-order valence-electron chi connectivity index (χ1n) is 7.81. The number of nitrogens with two attached hydrogens (primary N) is 1. The Balaban J connectivity index is 1.86. The second-order valence-electron chi connectivity index (χ2n) is 6.44. The summed E-state index contributed by atoms with van der Waals surface area (Å²) >= 11 is 0. The summed E-state index contributed by atoms with van der Waals surface area (Å²) in [5, 5.41) is 0. The molecule has 1 heterocycles. The van der Waals surface area contributed by atoms with Crippen molar-refractivity contribution in [1.29, 1.82) is 0 Å². The van der Waals surface area contributed by atoms with E-state index in [1.165, 1.54) is 49.4 Å². The summed E-state index contributed by atoms with van der Waals surface area (Å²) in [6, 6.07) is 6.64. The van der Waals surface area contributed by atoms with Crippen molar-refractivity contribution in [1.82, 2.24) is 9.80 Å². The normalized spacial score (nSPS) is 17.9. The molecule has 0 aromatic heterocycles. The molecule has 3 nitrogen and oxygen atoms in total. The molecule has 0 spiro atoms. The van der Waals surface area contributed by atoms with E-state index >= 15 is 0 Å². The van der Waals surface area contributed by atoms with E-state index < -0.39 is 0 Å². The van der Waals surface area contributed by atoms with Gasteiger partial charge in [0.25, 0.3) is 0 Å². The Morgan fingerprint density at radius 2 is 1.75 bits per heavy atom. The second kappa shape index (κ2) is 7.21. The maximum Gasteiger partial charge on any atom is 0.0237 e. The molecule has 1 aromatic carbocycles. The predicted octanol–water partition coefficient (Wildman–Crippen LogP) is 2.23. The molecule has 2 rings (SSSR count). The van der Waals surface area contributed by atoms with Crippen LogP contribution in [0.25, 0.3) is 0 Å². The van der Waals surface area contributed by atoms with Gasteiger partial charge >= 0.3 is 0 Å². The monoisotopic (exact) mass is 275 g/mol. The molecule has 1 aromatic rings. The van der Waals surface area contributed by atoms with E-state index in [1.807, 2.05) is 0 Å². The number of nitrogens with zero attached hydrogens (tertiary/aromatic N) is 2. The van der Waals surface area contributed by atoms with Crippen molar-refractivity contribution >= 4 is 0 Å². The van der Waals surface area contributed by atoms with E-state index in [-0.39, 0.29) is 0 Å². The summed E-state index contributed by atoms with van der Waals surface area (Å²) in [6.45, 7) is 14.5. The summed E-state index contributed by atoms with van der Waals surface area (Å²) in [5.41, 5.74) is 9.74. The molecular formula is C17H29N3. The van der Waals surface area contributed by atoms with Crippen LogP contribution in [0.15, 0.2) is 18.2 Å². The Bertz CT molecular complexity index is 420. The fraction of sp³-hybridized carbons (Fsp3) is 0.647. The summed E-state index contributed by atoms with van der Waals surface area (Å²) in [5.74, 6) is 0.771. The van der Waals surface area contributed by atoms with Gasteiger partial charge in [0.2, 0.25) is 0 Å². The van der Waals surface area contributed by atoms with Crippen LogP contribution < -0.4 is 5.73 Å². The average Bonchev–Trinajstić information content (AvgIpc) is 2.42. The van der Waals surface area contributed by atoms with Gasteiger partial charge in [0.15, 0.2) is 0 Å². The van der Waals surface area contributed by atoms with E-state index in [0.29, 0.717) is 6.54 Å². The number of hydrogen-bond donors (Lipinski definition) is 1. The Morgan fingerprint density at radius 1 is 1.10 bits per heavy atom. The van der Waals surface area contributed by atoms with Crippen LogP contribution in [0.4, 0.5) is 0 Å².